The van der Waals surface area contributed by atoms with E-state index in [1.54, 1.807) is 5.38 Å². The van der Waals surface area contributed by atoms with Gasteiger partial charge in [-0.15, -0.1) is 11.3 Å². The Kier molecular flexibility index (Phi) is 6.56. The summed E-state index contributed by atoms with van der Waals surface area (Å²) in [6, 6.07) is 0. The highest BCUT2D eigenvalue weighted by Gasteiger charge is 2.16. The van der Waals surface area contributed by atoms with Crippen LogP contribution in [-0.2, 0) is 9.53 Å². The molecule has 0 aliphatic heterocycles. The van der Waals surface area contributed by atoms with Crippen molar-refractivity contribution < 1.29 is 9.53 Å². The summed E-state index contributed by atoms with van der Waals surface area (Å²) < 4.78 is 5.29. The molecule has 4 nitrogen and oxygen atoms in total. The molecule has 0 saturated heterocycles. The normalized spacial score (nSPS) is 11.9. The fraction of sp³-hybridized carbons (Fsp3) is 0.571. The highest BCUT2D eigenvalue weighted by molar-refractivity contribution is 7.13. The van der Waals surface area contributed by atoms with Crippen molar-refractivity contribution >= 4 is 28.0 Å². The Balaban J connectivity index is 2.72. The number of anilines is 1. The van der Waals surface area contributed by atoms with Crippen LogP contribution in [0.25, 0.3) is 5.57 Å². The predicted octanol–water partition coefficient (Wildman–Crippen LogP) is 3.50. The Morgan fingerprint density at radius 2 is 2.26 bits per heavy atom. The van der Waals surface area contributed by atoms with Gasteiger partial charge >= 0.3 is 5.97 Å². The Hall–Kier alpha value is -1.36. The van der Waals surface area contributed by atoms with Gasteiger partial charge in [-0.05, 0) is 12.3 Å². The molecule has 0 radical (unpaired) electrons. The van der Waals surface area contributed by atoms with Gasteiger partial charge in [0.1, 0.15) is 0 Å². The fourth-order valence-electron chi connectivity index (χ4n) is 1.60. The molecule has 0 aromatic carbocycles. The molecule has 0 unspecified atom stereocenters. The molecular formula is C14H22N2O2S. The number of esters is 1. The molecule has 1 heterocycles. The van der Waals surface area contributed by atoms with Gasteiger partial charge in [0.25, 0.3) is 0 Å². The quantitative estimate of drug-likeness (QED) is 0.472. The number of aromatic nitrogens is 1. The summed E-state index contributed by atoms with van der Waals surface area (Å²) in [4.78, 5) is 16.2. The van der Waals surface area contributed by atoms with E-state index in [0.29, 0.717) is 23.0 Å². The molecule has 0 fully saturated rings. The zero-order valence-electron chi connectivity index (χ0n) is 11.8. The lowest BCUT2D eigenvalue weighted by atomic mass is 10.1. The van der Waals surface area contributed by atoms with Gasteiger partial charge in [0.05, 0.1) is 17.9 Å². The molecule has 0 bridgehead atoms. The highest BCUT2D eigenvalue weighted by atomic mass is 32.1. The lowest BCUT2D eigenvalue weighted by Crippen LogP contribution is -2.09. The number of nitrogens with two attached hydrogens (primary N) is 1. The molecule has 0 amide bonds. The van der Waals surface area contributed by atoms with Crippen molar-refractivity contribution in [3.8, 4) is 0 Å². The van der Waals surface area contributed by atoms with Crippen LogP contribution >= 0.6 is 11.3 Å². The van der Waals surface area contributed by atoms with Gasteiger partial charge in [-0.1, -0.05) is 39.7 Å². The zero-order valence-corrected chi connectivity index (χ0v) is 12.6. The van der Waals surface area contributed by atoms with Gasteiger partial charge in [-0.3, -0.25) is 0 Å². The Bertz CT molecular complexity index is 438. The monoisotopic (exact) mass is 282 g/mol. The van der Waals surface area contributed by atoms with Crippen LogP contribution in [0.2, 0.25) is 0 Å². The number of rotatable bonds is 7. The molecular weight excluding hydrogens is 260 g/mol. The van der Waals surface area contributed by atoms with Crippen molar-refractivity contribution in [1.82, 2.24) is 4.98 Å². The maximum absolute atomic E-state index is 12.1. The average Bonchev–Trinajstić information content (AvgIpc) is 2.77. The minimum atomic E-state index is -0.310. The molecule has 0 spiro atoms. The lowest BCUT2D eigenvalue weighted by molar-refractivity contribution is -0.136. The summed E-state index contributed by atoms with van der Waals surface area (Å²) in [6.07, 6.45) is 4.95. The summed E-state index contributed by atoms with van der Waals surface area (Å²) in [5, 5.41) is 2.25. The van der Waals surface area contributed by atoms with E-state index in [-0.39, 0.29) is 11.9 Å². The van der Waals surface area contributed by atoms with E-state index in [4.69, 9.17) is 10.5 Å². The van der Waals surface area contributed by atoms with Gasteiger partial charge in [0, 0.05) is 5.38 Å². The van der Waals surface area contributed by atoms with Gasteiger partial charge in [0.2, 0.25) is 0 Å². The van der Waals surface area contributed by atoms with Crippen LogP contribution in [0.4, 0.5) is 5.13 Å². The third-order valence-corrected chi connectivity index (χ3v) is 3.17. The van der Waals surface area contributed by atoms with Gasteiger partial charge in [0.15, 0.2) is 5.13 Å². The van der Waals surface area contributed by atoms with Crippen LogP contribution in [0, 0.1) is 5.92 Å². The fourth-order valence-corrected chi connectivity index (χ4v) is 2.16. The third-order valence-electron chi connectivity index (χ3n) is 2.50. The SMILES string of the molecule is CCCCCOC(=O)/C(=C/C(C)C)c1csc(N)n1. The van der Waals surface area contributed by atoms with Crippen LogP contribution < -0.4 is 5.73 Å². The van der Waals surface area contributed by atoms with E-state index in [9.17, 15) is 4.79 Å². The average molecular weight is 282 g/mol. The lowest BCUT2D eigenvalue weighted by Gasteiger charge is -2.07. The summed E-state index contributed by atoms with van der Waals surface area (Å²) in [7, 11) is 0. The molecule has 0 aliphatic rings. The van der Waals surface area contributed by atoms with E-state index >= 15 is 0 Å². The van der Waals surface area contributed by atoms with E-state index < -0.39 is 0 Å². The van der Waals surface area contributed by atoms with Crippen molar-refractivity contribution in [2.75, 3.05) is 12.3 Å². The van der Waals surface area contributed by atoms with Crippen LogP contribution in [0.5, 0.6) is 0 Å². The number of hydrogen-bond donors (Lipinski definition) is 1. The van der Waals surface area contributed by atoms with Crippen LogP contribution in [0.15, 0.2) is 11.5 Å². The number of nitrogen functional groups attached to an aromatic ring is 1. The van der Waals surface area contributed by atoms with E-state index in [1.165, 1.54) is 11.3 Å². The number of unbranched alkanes of at least 4 members (excludes halogenated alkanes) is 2. The standard InChI is InChI=1S/C14H22N2O2S/c1-4-5-6-7-18-13(17)11(8-10(2)3)12-9-19-14(15)16-12/h8-10H,4-7H2,1-3H3,(H2,15,16)/b11-8+. The number of allylic oxidation sites excluding steroid dienone is 1. The molecule has 106 valence electrons. The number of nitrogens with zero attached hydrogens (tertiary/aromatic N) is 1. The van der Waals surface area contributed by atoms with Crippen molar-refractivity contribution in [3.05, 3.63) is 17.2 Å². The topological polar surface area (TPSA) is 65.2 Å². The van der Waals surface area contributed by atoms with E-state index in [0.717, 1.165) is 19.3 Å². The Labute approximate surface area is 118 Å². The van der Waals surface area contributed by atoms with Crippen LogP contribution in [0.1, 0.15) is 45.7 Å². The molecule has 1 rings (SSSR count). The second-order valence-electron chi connectivity index (χ2n) is 4.74. The first-order valence-electron chi connectivity index (χ1n) is 6.65. The Morgan fingerprint density at radius 3 is 2.79 bits per heavy atom. The van der Waals surface area contributed by atoms with Crippen LogP contribution in [-0.4, -0.2) is 17.6 Å². The number of carbonyl (C=O) groups is 1. The van der Waals surface area contributed by atoms with Crippen LogP contribution in [0.3, 0.4) is 0 Å². The molecule has 1 aromatic rings. The minimum absolute atomic E-state index is 0.251. The van der Waals surface area contributed by atoms with E-state index in [1.807, 2.05) is 19.9 Å². The maximum atomic E-state index is 12.1. The molecule has 0 atom stereocenters. The van der Waals surface area contributed by atoms with Crippen molar-refractivity contribution in [2.24, 2.45) is 5.92 Å². The second-order valence-corrected chi connectivity index (χ2v) is 5.63. The summed E-state index contributed by atoms with van der Waals surface area (Å²) in [5.41, 5.74) is 6.74. The van der Waals surface area contributed by atoms with Gasteiger partial charge in [-0.2, -0.15) is 0 Å². The first-order valence-corrected chi connectivity index (χ1v) is 7.52. The highest BCUT2D eigenvalue weighted by Crippen LogP contribution is 2.22. The molecule has 5 heteroatoms. The summed E-state index contributed by atoms with van der Waals surface area (Å²) in [6.45, 7) is 6.60. The second kappa shape index (κ2) is 7.94. The maximum Gasteiger partial charge on any atom is 0.340 e. The van der Waals surface area contributed by atoms with Gasteiger partial charge < -0.3 is 10.5 Å². The van der Waals surface area contributed by atoms with Crippen molar-refractivity contribution in [2.45, 2.75) is 40.0 Å². The molecule has 2 N–H and O–H groups in total. The zero-order chi connectivity index (χ0) is 14.3. The van der Waals surface area contributed by atoms with Gasteiger partial charge in [-0.25, -0.2) is 9.78 Å². The largest absolute Gasteiger partial charge is 0.462 e. The number of carbonyl (C=O) groups excluding carboxylic acids is 1. The predicted molar refractivity (Wildman–Crippen MR) is 79.8 cm³/mol. The molecule has 0 aliphatic carbocycles. The number of thiazole rings is 1. The number of hydrogen-bond acceptors (Lipinski definition) is 5. The molecule has 0 saturated carbocycles. The summed E-state index contributed by atoms with van der Waals surface area (Å²) in [5.74, 6) is -0.0591. The van der Waals surface area contributed by atoms with Crippen molar-refractivity contribution in [1.29, 1.82) is 0 Å². The van der Waals surface area contributed by atoms with Crippen molar-refractivity contribution in [3.63, 3.8) is 0 Å². The summed E-state index contributed by atoms with van der Waals surface area (Å²) >= 11 is 1.33. The Morgan fingerprint density at radius 1 is 1.53 bits per heavy atom. The molecule has 19 heavy (non-hydrogen) atoms. The first-order chi connectivity index (χ1) is 9.04. The molecule has 1 aromatic heterocycles. The first kappa shape index (κ1) is 15.7. The smallest absolute Gasteiger partial charge is 0.340 e. The minimum Gasteiger partial charge on any atom is -0.462 e. The number of ether oxygens (including phenoxy) is 1. The van der Waals surface area contributed by atoms with E-state index in [2.05, 4.69) is 11.9 Å². The third kappa shape index (κ3) is 5.42.